The van der Waals surface area contributed by atoms with Crippen LogP contribution in [0.1, 0.15) is 60.2 Å². The van der Waals surface area contributed by atoms with E-state index in [-0.39, 0.29) is 17.9 Å². The highest BCUT2D eigenvalue weighted by Crippen LogP contribution is 2.31. The summed E-state index contributed by atoms with van der Waals surface area (Å²) in [5.74, 6) is 0.727. The lowest BCUT2D eigenvalue weighted by atomic mass is 9.88. The molecule has 0 spiro atoms. The zero-order valence-corrected chi connectivity index (χ0v) is 22.0. The lowest BCUT2D eigenvalue weighted by Gasteiger charge is -2.33. The minimum atomic E-state index is -0.419. The van der Waals surface area contributed by atoms with Crippen molar-refractivity contribution in [1.82, 2.24) is 25.0 Å². The summed E-state index contributed by atoms with van der Waals surface area (Å²) in [4.78, 5) is 39.5. The molecular formula is C28H39N5O2S. The summed E-state index contributed by atoms with van der Waals surface area (Å²) in [5, 5.41) is 5.53. The summed E-state index contributed by atoms with van der Waals surface area (Å²) >= 11 is 1.80. The fraction of sp³-hybridized carbons (Fsp3) is 0.607. The van der Waals surface area contributed by atoms with Crippen LogP contribution >= 0.6 is 11.3 Å². The van der Waals surface area contributed by atoms with Crippen molar-refractivity contribution in [2.24, 2.45) is 5.92 Å². The number of hydrogen-bond donors (Lipinski definition) is 1. The minimum absolute atomic E-state index is 0.0781. The number of carbonyl (C=O) groups is 2. The Hall–Kier alpha value is -2.29. The standard InChI is InChI=1S/C28H39N5O2S/c34-27(23-9-4-11-30-18-23)33-20-24(17-26(33)28(35)31-14-6-12-29-13-15-31)32(21-25-10-5-16-36-25)19-22-7-2-1-3-8-22/h4-5,9-11,16,18,22,24,26,29H,1-3,6-8,12-15,17,19-21H2. The van der Waals surface area contributed by atoms with Gasteiger partial charge in [-0.2, -0.15) is 0 Å². The number of rotatable bonds is 7. The predicted octanol–water partition coefficient (Wildman–Crippen LogP) is 3.63. The first-order valence-electron chi connectivity index (χ1n) is 13.7. The Morgan fingerprint density at radius 3 is 2.75 bits per heavy atom. The molecule has 4 heterocycles. The second-order valence-electron chi connectivity index (χ2n) is 10.5. The van der Waals surface area contributed by atoms with Gasteiger partial charge in [-0.15, -0.1) is 11.3 Å². The molecule has 194 valence electrons. The highest BCUT2D eigenvalue weighted by molar-refractivity contribution is 7.09. The topological polar surface area (TPSA) is 68.8 Å². The fourth-order valence-corrected chi connectivity index (χ4v) is 6.85. The van der Waals surface area contributed by atoms with Gasteiger partial charge >= 0.3 is 0 Å². The molecule has 2 aliphatic heterocycles. The van der Waals surface area contributed by atoms with Crippen LogP contribution in [-0.4, -0.2) is 82.9 Å². The molecule has 1 aliphatic carbocycles. The lowest BCUT2D eigenvalue weighted by Crippen LogP contribution is -2.48. The van der Waals surface area contributed by atoms with Gasteiger partial charge in [0.15, 0.2) is 0 Å². The van der Waals surface area contributed by atoms with Gasteiger partial charge < -0.3 is 15.1 Å². The van der Waals surface area contributed by atoms with E-state index in [0.29, 0.717) is 31.0 Å². The van der Waals surface area contributed by atoms with Crippen LogP contribution in [0, 0.1) is 5.92 Å². The molecule has 8 heteroatoms. The minimum Gasteiger partial charge on any atom is -0.340 e. The molecule has 2 amide bonds. The Morgan fingerprint density at radius 2 is 1.97 bits per heavy atom. The van der Waals surface area contributed by atoms with E-state index in [1.165, 1.54) is 37.0 Å². The van der Waals surface area contributed by atoms with E-state index in [4.69, 9.17) is 0 Å². The van der Waals surface area contributed by atoms with Crippen LogP contribution in [0.2, 0.25) is 0 Å². The van der Waals surface area contributed by atoms with Crippen LogP contribution in [0.15, 0.2) is 42.0 Å². The van der Waals surface area contributed by atoms with Gasteiger partial charge in [-0.25, -0.2) is 0 Å². The molecule has 5 rings (SSSR count). The monoisotopic (exact) mass is 509 g/mol. The Morgan fingerprint density at radius 1 is 1.08 bits per heavy atom. The number of pyridine rings is 1. The number of carbonyl (C=O) groups excluding carboxylic acids is 2. The Kier molecular flexibility index (Phi) is 8.67. The largest absolute Gasteiger partial charge is 0.340 e. The van der Waals surface area contributed by atoms with Crippen molar-refractivity contribution in [1.29, 1.82) is 0 Å². The van der Waals surface area contributed by atoms with Crippen LogP contribution in [0.25, 0.3) is 0 Å². The van der Waals surface area contributed by atoms with Gasteiger partial charge in [0.1, 0.15) is 6.04 Å². The van der Waals surface area contributed by atoms with E-state index in [2.05, 4.69) is 32.7 Å². The molecule has 0 bridgehead atoms. The number of nitrogens with one attached hydrogen (secondary N) is 1. The summed E-state index contributed by atoms with van der Waals surface area (Å²) < 4.78 is 0. The maximum atomic E-state index is 13.8. The molecule has 7 nitrogen and oxygen atoms in total. The molecule has 0 aromatic carbocycles. The molecule has 0 radical (unpaired) electrons. The second-order valence-corrected chi connectivity index (χ2v) is 11.6. The molecule has 2 unspecified atom stereocenters. The first kappa shape index (κ1) is 25.4. The number of aromatic nitrogens is 1. The molecule has 1 N–H and O–H groups in total. The van der Waals surface area contributed by atoms with Gasteiger partial charge in [-0.1, -0.05) is 25.3 Å². The van der Waals surface area contributed by atoms with Crippen LogP contribution in [0.5, 0.6) is 0 Å². The van der Waals surface area contributed by atoms with E-state index >= 15 is 0 Å². The van der Waals surface area contributed by atoms with Crippen molar-refractivity contribution in [2.75, 3.05) is 39.3 Å². The Labute approximate surface area is 218 Å². The first-order chi connectivity index (χ1) is 17.7. The summed E-state index contributed by atoms with van der Waals surface area (Å²) in [6.07, 6.45) is 11.5. The van der Waals surface area contributed by atoms with Gasteiger partial charge in [-0.05, 0) is 61.7 Å². The average Bonchev–Trinajstić information content (AvgIpc) is 3.52. The number of likely N-dealkylation sites (tertiary alicyclic amines) is 1. The van der Waals surface area contributed by atoms with Crippen molar-refractivity contribution >= 4 is 23.2 Å². The first-order valence-corrected chi connectivity index (χ1v) is 14.5. The SMILES string of the molecule is O=C(C1CC(N(Cc2cccs2)CC2CCCCC2)CN1C(=O)c1cccnc1)N1CCCNCC1. The van der Waals surface area contributed by atoms with Crippen LogP contribution < -0.4 is 5.32 Å². The van der Waals surface area contributed by atoms with Gasteiger partial charge in [-0.3, -0.25) is 19.5 Å². The molecule has 1 saturated carbocycles. The Bertz CT molecular complexity index is 971. The normalized spacial score (nSPS) is 23.7. The van der Waals surface area contributed by atoms with E-state index in [1.807, 2.05) is 15.9 Å². The summed E-state index contributed by atoms with van der Waals surface area (Å²) in [5.41, 5.74) is 0.561. The smallest absolute Gasteiger partial charge is 0.256 e. The maximum absolute atomic E-state index is 13.8. The molecule has 2 atom stereocenters. The van der Waals surface area contributed by atoms with Crippen molar-refractivity contribution in [3.63, 3.8) is 0 Å². The van der Waals surface area contributed by atoms with Crippen molar-refractivity contribution in [3.05, 3.63) is 52.5 Å². The summed E-state index contributed by atoms with van der Waals surface area (Å²) in [7, 11) is 0. The molecule has 2 aromatic heterocycles. The molecule has 3 fully saturated rings. The number of nitrogens with zero attached hydrogens (tertiary/aromatic N) is 4. The van der Waals surface area contributed by atoms with Crippen molar-refractivity contribution in [3.8, 4) is 0 Å². The summed E-state index contributed by atoms with van der Waals surface area (Å²) in [6, 6.07) is 7.69. The van der Waals surface area contributed by atoms with Crippen LogP contribution in [0.4, 0.5) is 0 Å². The highest BCUT2D eigenvalue weighted by Gasteiger charge is 2.44. The van der Waals surface area contributed by atoms with Gasteiger partial charge in [0.25, 0.3) is 5.91 Å². The zero-order chi connectivity index (χ0) is 24.7. The number of hydrogen-bond acceptors (Lipinski definition) is 6. The average molecular weight is 510 g/mol. The van der Waals surface area contributed by atoms with Crippen molar-refractivity contribution < 1.29 is 9.59 Å². The zero-order valence-electron chi connectivity index (χ0n) is 21.2. The molecule has 36 heavy (non-hydrogen) atoms. The lowest BCUT2D eigenvalue weighted by molar-refractivity contribution is -0.135. The maximum Gasteiger partial charge on any atom is 0.256 e. The van der Waals surface area contributed by atoms with Crippen LogP contribution in [0.3, 0.4) is 0 Å². The van der Waals surface area contributed by atoms with Crippen LogP contribution in [-0.2, 0) is 11.3 Å². The van der Waals surface area contributed by atoms with E-state index in [0.717, 1.165) is 39.1 Å². The van der Waals surface area contributed by atoms with E-state index < -0.39 is 6.04 Å². The highest BCUT2D eigenvalue weighted by atomic mass is 32.1. The summed E-state index contributed by atoms with van der Waals surface area (Å²) in [6.45, 7) is 5.73. The van der Waals surface area contributed by atoms with E-state index in [9.17, 15) is 9.59 Å². The second kappa shape index (κ2) is 12.3. The third kappa shape index (κ3) is 6.15. The fourth-order valence-electron chi connectivity index (χ4n) is 6.12. The third-order valence-electron chi connectivity index (χ3n) is 8.06. The van der Waals surface area contributed by atoms with E-state index in [1.54, 1.807) is 29.8 Å². The van der Waals surface area contributed by atoms with Gasteiger partial charge in [0.05, 0.1) is 5.56 Å². The number of amides is 2. The predicted molar refractivity (Wildman–Crippen MR) is 143 cm³/mol. The number of thiophene rings is 1. The van der Waals surface area contributed by atoms with Crippen molar-refractivity contribution in [2.45, 2.75) is 63.6 Å². The molecule has 2 aromatic rings. The van der Waals surface area contributed by atoms with Gasteiger partial charge in [0.2, 0.25) is 5.91 Å². The molecule has 3 aliphatic rings. The Balaban J connectivity index is 1.39. The molecule has 2 saturated heterocycles. The van der Waals surface area contributed by atoms with Gasteiger partial charge in [0, 0.05) is 62.6 Å². The molecular weight excluding hydrogens is 470 g/mol. The quantitative estimate of drug-likeness (QED) is 0.617. The third-order valence-corrected chi connectivity index (χ3v) is 8.92.